The van der Waals surface area contributed by atoms with Crippen LogP contribution in [0.1, 0.15) is 10.4 Å². The van der Waals surface area contributed by atoms with E-state index in [1.54, 1.807) is 12.1 Å². The highest BCUT2D eigenvalue weighted by atomic mass is 35.5. The first-order valence-corrected chi connectivity index (χ1v) is 6.64. The standard InChI is InChI=1S/C14H12Cl2N2O3/c1-20-12-6-11(13(21-2)5-9(12)15)18-14(19)8-3-4-17-7-10(8)16/h3-7H,1-2H3,(H,18,19). The van der Waals surface area contributed by atoms with E-state index >= 15 is 0 Å². The molecular weight excluding hydrogens is 315 g/mol. The summed E-state index contributed by atoms with van der Waals surface area (Å²) in [5.74, 6) is 0.456. The third-order valence-corrected chi connectivity index (χ3v) is 3.34. The molecule has 0 unspecified atom stereocenters. The van der Waals surface area contributed by atoms with Crippen LogP contribution >= 0.6 is 23.2 Å². The van der Waals surface area contributed by atoms with Crippen molar-refractivity contribution in [3.8, 4) is 11.5 Å². The summed E-state index contributed by atoms with van der Waals surface area (Å²) in [6, 6.07) is 4.66. The van der Waals surface area contributed by atoms with Crippen molar-refractivity contribution >= 4 is 34.8 Å². The van der Waals surface area contributed by atoms with Gasteiger partial charge in [-0.3, -0.25) is 9.78 Å². The summed E-state index contributed by atoms with van der Waals surface area (Å²) in [5.41, 5.74) is 0.735. The maximum atomic E-state index is 12.2. The van der Waals surface area contributed by atoms with Gasteiger partial charge in [0.15, 0.2) is 0 Å². The van der Waals surface area contributed by atoms with Crippen molar-refractivity contribution in [2.24, 2.45) is 0 Å². The summed E-state index contributed by atoms with van der Waals surface area (Å²) in [4.78, 5) is 16.1. The number of methoxy groups -OCH3 is 2. The van der Waals surface area contributed by atoms with Gasteiger partial charge in [0.1, 0.15) is 11.5 Å². The molecule has 1 amide bonds. The first-order valence-electron chi connectivity index (χ1n) is 5.89. The van der Waals surface area contributed by atoms with Crippen molar-refractivity contribution < 1.29 is 14.3 Å². The number of hydrogen-bond donors (Lipinski definition) is 1. The number of carbonyl (C=O) groups excluding carboxylic acids is 1. The number of nitrogens with one attached hydrogen (secondary N) is 1. The fourth-order valence-electron chi connectivity index (χ4n) is 1.71. The number of benzene rings is 1. The Morgan fingerprint density at radius 3 is 2.48 bits per heavy atom. The van der Waals surface area contributed by atoms with Crippen molar-refractivity contribution in [3.05, 3.63) is 46.2 Å². The Kier molecular flexibility index (Phi) is 4.88. The van der Waals surface area contributed by atoms with Crippen molar-refractivity contribution in [1.29, 1.82) is 0 Å². The summed E-state index contributed by atoms with van der Waals surface area (Å²) in [5, 5.41) is 3.35. The predicted molar refractivity (Wildman–Crippen MR) is 81.8 cm³/mol. The molecule has 7 heteroatoms. The lowest BCUT2D eigenvalue weighted by Gasteiger charge is -2.13. The monoisotopic (exact) mass is 326 g/mol. The number of carbonyl (C=O) groups is 1. The Bertz CT molecular complexity index is 677. The zero-order chi connectivity index (χ0) is 15.4. The van der Waals surface area contributed by atoms with Crippen LogP contribution in [0.2, 0.25) is 10.0 Å². The van der Waals surface area contributed by atoms with E-state index < -0.39 is 0 Å². The Hall–Kier alpha value is -1.98. The molecule has 0 aliphatic heterocycles. The van der Waals surface area contributed by atoms with Gasteiger partial charge < -0.3 is 14.8 Å². The Morgan fingerprint density at radius 2 is 1.86 bits per heavy atom. The Balaban J connectivity index is 2.35. The van der Waals surface area contributed by atoms with Crippen LogP contribution in [0.25, 0.3) is 0 Å². The fourth-order valence-corrected chi connectivity index (χ4v) is 2.14. The second-order valence-corrected chi connectivity index (χ2v) is 4.81. The molecule has 0 fully saturated rings. The van der Waals surface area contributed by atoms with E-state index in [1.165, 1.54) is 32.7 Å². The molecule has 110 valence electrons. The highest BCUT2D eigenvalue weighted by Crippen LogP contribution is 2.36. The number of anilines is 1. The average Bonchev–Trinajstić information content (AvgIpc) is 2.48. The van der Waals surface area contributed by atoms with Gasteiger partial charge >= 0.3 is 0 Å². The largest absolute Gasteiger partial charge is 0.495 e. The molecule has 0 aliphatic rings. The van der Waals surface area contributed by atoms with Crippen LogP contribution in [0.4, 0.5) is 5.69 Å². The quantitative estimate of drug-likeness (QED) is 0.931. The van der Waals surface area contributed by atoms with Gasteiger partial charge in [0, 0.05) is 24.5 Å². The summed E-state index contributed by atoms with van der Waals surface area (Å²) in [6.45, 7) is 0. The normalized spacial score (nSPS) is 10.1. The zero-order valence-corrected chi connectivity index (χ0v) is 12.8. The van der Waals surface area contributed by atoms with Gasteiger partial charge in [-0.2, -0.15) is 0 Å². The van der Waals surface area contributed by atoms with Crippen LogP contribution < -0.4 is 14.8 Å². The van der Waals surface area contributed by atoms with E-state index in [2.05, 4.69) is 10.3 Å². The minimum atomic E-state index is -0.384. The van der Waals surface area contributed by atoms with E-state index in [4.69, 9.17) is 32.7 Å². The molecule has 5 nitrogen and oxygen atoms in total. The molecule has 0 saturated carbocycles. The van der Waals surface area contributed by atoms with Gasteiger partial charge in [0.2, 0.25) is 0 Å². The lowest BCUT2D eigenvalue weighted by atomic mass is 10.2. The first-order chi connectivity index (χ1) is 10.1. The van der Waals surface area contributed by atoms with Gasteiger partial charge in [0.05, 0.1) is 35.5 Å². The molecule has 0 bridgehead atoms. The van der Waals surface area contributed by atoms with Crippen molar-refractivity contribution in [2.75, 3.05) is 19.5 Å². The third-order valence-electron chi connectivity index (χ3n) is 2.74. The third kappa shape index (κ3) is 3.37. The van der Waals surface area contributed by atoms with Gasteiger partial charge in [-0.05, 0) is 6.07 Å². The van der Waals surface area contributed by atoms with E-state index in [-0.39, 0.29) is 10.9 Å². The second kappa shape index (κ2) is 6.65. The second-order valence-electron chi connectivity index (χ2n) is 4.00. The SMILES string of the molecule is COc1cc(NC(=O)c2ccncc2Cl)c(OC)cc1Cl. The molecule has 21 heavy (non-hydrogen) atoms. The predicted octanol–water partition coefficient (Wildman–Crippen LogP) is 3.66. The lowest BCUT2D eigenvalue weighted by Crippen LogP contribution is -2.13. The lowest BCUT2D eigenvalue weighted by molar-refractivity contribution is 0.102. The first kappa shape index (κ1) is 15.4. The highest BCUT2D eigenvalue weighted by Gasteiger charge is 2.15. The number of amides is 1. The van der Waals surface area contributed by atoms with E-state index in [1.807, 2.05) is 0 Å². The van der Waals surface area contributed by atoms with Crippen molar-refractivity contribution in [1.82, 2.24) is 4.98 Å². The molecule has 0 atom stereocenters. The number of halogens is 2. The van der Waals surface area contributed by atoms with Crippen LogP contribution in [0.3, 0.4) is 0 Å². The van der Waals surface area contributed by atoms with Gasteiger partial charge in [-0.15, -0.1) is 0 Å². The number of pyridine rings is 1. The number of nitrogens with zero attached hydrogens (tertiary/aromatic N) is 1. The number of ether oxygens (including phenoxy) is 2. The molecule has 1 aromatic heterocycles. The molecule has 2 rings (SSSR count). The number of aromatic nitrogens is 1. The summed E-state index contributed by atoms with van der Waals surface area (Å²) in [6.07, 6.45) is 2.89. The van der Waals surface area contributed by atoms with E-state index in [9.17, 15) is 4.79 Å². The molecule has 1 heterocycles. The minimum absolute atomic E-state index is 0.259. The molecule has 1 N–H and O–H groups in total. The average molecular weight is 327 g/mol. The summed E-state index contributed by atoms with van der Waals surface area (Å²) < 4.78 is 10.3. The zero-order valence-electron chi connectivity index (χ0n) is 11.3. The molecule has 0 aliphatic carbocycles. The Morgan fingerprint density at radius 1 is 1.14 bits per heavy atom. The van der Waals surface area contributed by atoms with E-state index in [0.29, 0.717) is 27.8 Å². The Labute approximate surface area is 131 Å². The van der Waals surface area contributed by atoms with Gasteiger partial charge in [-0.1, -0.05) is 23.2 Å². The summed E-state index contributed by atoms with van der Waals surface area (Å²) in [7, 11) is 2.96. The smallest absolute Gasteiger partial charge is 0.257 e. The molecule has 0 saturated heterocycles. The van der Waals surface area contributed by atoms with Gasteiger partial charge in [-0.25, -0.2) is 0 Å². The van der Waals surface area contributed by atoms with Crippen molar-refractivity contribution in [2.45, 2.75) is 0 Å². The summed E-state index contributed by atoms with van der Waals surface area (Å²) >= 11 is 12.0. The highest BCUT2D eigenvalue weighted by molar-refractivity contribution is 6.34. The van der Waals surface area contributed by atoms with Crippen LogP contribution in [0.15, 0.2) is 30.6 Å². The maximum Gasteiger partial charge on any atom is 0.257 e. The van der Waals surface area contributed by atoms with Crippen molar-refractivity contribution in [3.63, 3.8) is 0 Å². The molecule has 1 aromatic carbocycles. The molecule has 0 radical (unpaired) electrons. The molecule has 2 aromatic rings. The number of hydrogen-bond acceptors (Lipinski definition) is 4. The van der Waals surface area contributed by atoms with E-state index in [0.717, 1.165) is 0 Å². The van der Waals surface area contributed by atoms with Crippen LogP contribution in [0, 0.1) is 0 Å². The topological polar surface area (TPSA) is 60.5 Å². The van der Waals surface area contributed by atoms with Crippen LogP contribution in [-0.2, 0) is 0 Å². The van der Waals surface area contributed by atoms with Crippen LogP contribution in [-0.4, -0.2) is 25.1 Å². The van der Waals surface area contributed by atoms with Gasteiger partial charge in [0.25, 0.3) is 5.91 Å². The molecular formula is C14H12Cl2N2O3. The number of rotatable bonds is 4. The maximum absolute atomic E-state index is 12.2. The minimum Gasteiger partial charge on any atom is -0.495 e. The molecule has 0 spiro atoms. The fraction of sp³-hybridized carbons (Fsp3) is 0.143. The van der Waals surface area contributed by atoms with Crippen LogP contribution in [0.5, 0.6) is 11.5 Å².